The summed E-state index contributed by atoms with van der Waals surface area (Å²) in [5.41, 5.74) is 6.90. The summed E-state index contributed by atoms with van der Waals surface area (Å²) in [5.74, 6) is 2.10. The molecule has 1 aromatic carbocycles. The van der Waals surface area contributed by atoms with Crippen LogP contribution in [0.2, 0.25) is 0 Å². The van der Waals surface area contributed by atoms with Gasteiger partial charge in [-0.1, -0.05) is 19.9 Å². The third kappa shape index (κ3) is 4.03. The van der Waals surface area contributed by atoms with E-state index >= 15 is 0 Å². The summed E-state index contributed by atoms with van der Waals surface area (Å²) in [6.07, 6.45) is 0. The molecule has 5 heteroatoms. The summed E-state index contributed by atoms with van der Waals surface area (Å²) >= 11 is 0. The van der Waals surface area contributed by atoms with Crippen molar-refractivity contribution < 1.29 is 9.47 Å². The SMILES string of the molecule is CC(C)NC(N)=NCC(C)(C)c1ccc2c(c1)OCCO2. The molecule has 0 amide bonds. The number of benzene rings is 1. The van der Waals surface area contributed by atoms with Gasteiger partial charge in [0.05, 0.1) is 6.54 Å². The van der Waals surface area contributed by atoms with Crippen LogP contribution in [0.25, 0.3) is 0 Å². The Morgan fingerprint density at radius 1 is 1.29 bits per heavy atom. The lowest BCUT2D eigenvalue weighted by atomic mass is 9.84. The smallest absolute Gasteiger partial charge is 0.188 e. The van der Waals surface area contributed by atoms with Gasteiger partial charge in [0.2, 0.25) is 0 Å². The molecule has 2 rings (SSSR count). The Kier molecular flexibility index (Phi) is 4.60. The van der Waals surface area contributed by atoms with Gasteiger partial charge >= 0.3 is 0 Å². The van der Waals surface area contributed by atoms with Crippen LogP contribution < -0.4 is 20.5 Å². The Bertz CT molecular complexity index is 524. The van der Waals surface area contributed by atoms with Crippen molar-refractivity contribution in [1.82, 2.24) is 5.32 Å². The zero-order chi connectivity index (χ0) is 15.5. The second-order valence-corrected chi connectivity index (χ2v) is 6.24. The van der Waals surface area contributed by atoms with Gasteiger partial charge in [0.15, 0.2) is 17.5 Å². The van der Waals surface area contributed by atoms with Crippen LogP contribution in [0.3, 0.4) is 0 Å². The number of aliphatic imine (C=N–C) groups is 1. The van der Waals surface area contributed by atoms with Gasteiger partial charge in [-0.2, -0.15) is 0 Å². The molecule has 3 N–H and O–H groups in total. The minimum atomic E-state index is -0.126. The Balaban J connectivity index is 2.12. The van der Waals surface area contributed by atoms with E-state index in [1.807, 2.05) is 26.0 Å². The first-order valence-electron chi connectivity index (χ1n) is 7.35. The third-order valence-electron chi connectivity index (χ3n) is 3.40. The molecule has 0 saturated carbocycles. The zero-order valence-electron chi connectivity index (χ0n) is 13.3. The molecule has 5 nitrogen and oxygen atoms in total. The van der Waals surface area contributed by atoms with Crippen LogP contribution in [-0.4, -0.2) is 31.8 Å². The first-order chi connectivity index (χ1) is 9.88. The summed E-state index contributed by atoms with van der Waals surface area (Å²) in [7, 11) is 0. The molecular formula is C16H25N3O2. The highest BCUT2D eigenvalue weighted by Crippen LogP contribution is 2.35. The molecule has 0 saturated heterocycles. The van der Waals surface area contributed by atoms with E-state index in [4.69, 9.17) is 15.2 Å². The first kappa shape index (κ1) is 15.5. The molecule has 0 radical (unpaired) electrons. The first-order valence-corrected chi connectivity index (χ1v) is 7.35. The van der Waals surface area contributed by atoms with E-state index in [-0.39, 0.29) is 11.5 Å². The predicted octanol–water partition coefficient (Wildman–Crippen LogP) is 2.05. The molecule has 21 heavy (non-hydrogen) atoms. The summed E-state index contributed by atoms with van der Waals surface area (Å²) in [4.78, 5) is 4.44. The summed E-state index contributed by atoms with van der Waals surface area (Å²) < 4.78 is 11.2. The topological polar surface area (TPSA) is 68.9 Å². The molecule has 1 aliphatic heterocycles. The lowest BCUT2D eigenvalue weighted by Gasteiger charge is -2.26. The van der Waals surface area contributed by atoms with Crippen molar-refractivity contribution >= 4 is 5.96 Å². The van der Waals surface area contributed by atoms with Crippen LogP contribution in [-0.2, 0) is 5.41 Å². The van der Waals surface area contributed by atoms with Gasteiger partial charge in [0.25, 0.3) is 0 Å². The lowest BCUT2D eigenvalue weighted by Crippen LogP contribution is -2.38. The molecule has 1 aliphatic rings. The normalized spacial score (nSPS) is 15.2. The number of guanidine groups is 1. The van der Waals surface area contributed by atoms with Gasteiger partial charge < -0.3 is 20.5 Å². The van der Waals surface area contributed by atoms with Crippen molar-refractivity contribution in [3.8, 4) is 11.5 Å². The average molecular weight is 291 g/mol. The lowest BCUT2D eigenvalue weighted by molar-refractivity contribution is 0.171. The number of ether oxygens (including phenoxy) is 2. The van der Waals surface area contributed by atoms with Crippen molar-refractivity contribution in [2.45, 2.75) is 39.2 Å². The second-order valence-electron chi connectivity index (χ2n) is 6.24. The molecule has 0 atom stereocenters. The van der Waals surface area contributed by atoms with E-state index in [0.717, 1.165) is 17.1 Å². The monoisotopic (exact) mass is 291 g/mol. The highest BCUT2D eigenvalue weighted by atomic mass is 16.6. The third-order valence-corrected chi connectivity index (χ3v) is 3.40. The number of rotatable bonds is 4. The minimum absolute atomic E-state index is 0.126. The Morgan fingerprint density at radius 3 is 2.62 bits per heavy atom. The number of nitrogens with zero attached hydrogens (tertiary/aromatic N) is 1. The highest BCUT2D eigenvalue weighted by Gasteiger charge is 2.23. The van der Waals surface area contributed by atoms with Crippen LogP contribution in [0.15, 0.2) is 23.2 Å². The Labute approximate surface area is 126 Å². The molecule has 0 aliphatic carbocycles. The quantitative estimate of drug-likeness (QED) is 0.658. The highest BCUT2D eigenvalue weighted by molar-refractivity contribution is 5.78. The molecule has 0 unspecified atom stereocenters. The molecule has 116 valence electrons. The maximum Gasteiger partial charge on any atom is 0.188 e. The number of hydrogen-bond donors (Lipinski definition) is 2. The average Bonchev–Trinajstić information content (AvgIpc) is 2.44. The van der Waals surface area contributed by atoms with Crippen molar-refractivity contribution in [3.05, 3.63) is 23.8 Å². The van der Waals surface area contributed by atoms with Crippen molar-refractivity contribution in [2.24, 2.45) is 10.7 Å². The van der Waals surface area contributed by atoms with E-state index in [9.17, 15) is 0 Å². The molecule has 0 aromatic heterocycles. The van der Waals surface area contributed by atoms with Crippen LogP contribution in [0.4, 0.5) is 0 Å². The predicted molar refractivity (Wildman–Crippen MR) is 85.2 cm³/mol. The minimum Gasteiger partial charge on any atom is -0.486 e. The zero-order valence-corrected chi connectivity index (χ0v) is 13.3. The number of nitrogens with two attached hydrogens (primary N) is 1. The molecule has 1 aromatic rings. The fraction of sp³-hybridized carbons (Fsp3) is 0.562. The van der Waals surface area contributed by atoms with Crippen LogP contribution in [0.5, 0.6) is 11.5 Å². The van der Waals surface area contributed by atoms with E-state index in [0.29, 0.717) is 25.7 Å². The van der Waals surface area contributed by atoms with Gasteiger partial charge in [-0.05, 0) is 31.5 Å². The van der Waals surface area contributed by atoms with Gasteiger partial charge in [0.1, 0.15) is 13.2 Å². The van der Waals surface area contributed by atoms with E-state index < -0.39 is 0 Å². The van der Waals surface area contributed by atoms with Gasteiger partial charge in [-0.15, -0.1) is 0 Å². The van der Waals surface area contributed by atoms with Crippen LogP contribution >= 0.6 is 0 Å². The largest absolute Gasteiger partial charge is 0.486 e. The Morgan fingerprint density at radius 2 is 1.95 bits per heavy atom. The van der Waals surface area contributed by atoms with Gasteiger partial charge in [0, 0.05) is 11.5 Å². The van der Waals surface area contributed by atoms with E-state index in [1.165, 1.54) is 0 Å². The number of nitrogens with one attached hydrogen (secondary N) is 1. The Hall–Kier alpha value is -1.91. The van der Waals surface area contributed by atoms with Crippen molar-refractivity contribution in [3.63, 3.8) is 0 Å². The van der Waals surface area contributed by atoms with Gasteiger partial charge in [-0.3, -0.25) is 4.99 Å². The fourth-order valence-corrected chi connectivity index (χ4v) is 2.18. The standard InChI is InChI=1S/C16H25N3O2/c1-11(2)19-15(17)18-10-16(3,4)12-5-6-13-14(9-12)21-8-7-20-13/h5-6,9,11H,7-8,10H2,1-4H3,(H3,17,18,19). The summed E-state index contributed by atoms with van der Waals surface area (Å²) in [5, 5.41) is 3.10. The number of hydrogen-bond acceptors (Lipinski definition) is 3. The van der Waals surface area contributed by atoms with Crippen molar-refractivity contribution in [1.29, 1.82) is 0 Å². The summed E-state index contributed by atoms with van der Waals surface area (Å²) in [6, 6.07) is 6.35. The van der Waals surface area contributed by atoms with Crippen molar-refractivity contribution in [2.75, 3.05) is 19.8 Å². The van der Waals surface area contributed by atoms with Crippen LogP contribution in [0.1, 0.15) is 33.3 Å². The molecule has 0 bridgehead atoms. The maximum atomic E-state index is 5.86. The molecule has 1 heterocycles. The molecule has 0 fully saturated rings. The van der Waals surface area contributed by atoms with E-state index in [1.54, 1.807) is 0 Å². The second kappa shape index (κ2) is 6.24. The fourth-order valence-electron chi connectivity index (χ4n) is 2.18. The maximum absolute atomic E-state index is 5.86. The summed E-state index contributed by atoms with van der Waals surface area (Å²) in [6.45, 7) is 10.2. The number of fused-ring (bicyclic) bond motifs is 1. The molecule has 0 spiro atoms. The van der Waals surface area contributed by atoms with Gasteiger partial charge in [-0.25, -0.2) is 0 Å². The molecular weight excluding hydrogens is 266 g/mol. The van der Waals surface area contributed by atoms with Crippen LogP contribution in [0, 0.1) is 0 Å². The van der Waals surface area contributed by atoms with E-state index in [2.05, 4.69) is 30.2 Å².